The van der Waals surface area contributed by atoms with Gasteiger partial charge >= 0.3 is 0 Å². The van der Waals surface area contributed by atoms with Crippen LogP contribution < -0.4 is 10.6 Å². The maximum Gasteiger partial charge on any atom is 0.262 e. The summed E-state index contributed by atoms with van der Waals surface area (Å²) in [6.07, 6.45) is 3.26. The highest BCUT2D eigenvalue weighted by Crippen LogP contribution is 2.25. The van der Waals surface area contributed by atoms with Crippen LogP contribution >= 0.6 is 0 Å². The molecule has 2 aliphatic rings. The van der Waals surface area contributed by atoms with E-state index < -0.39 is 6.04 Å². The molecule has 6 heteroatoms. The fraction of sp³-hybridized carbons (Fsp3) is 0.526. The number of benzene rings is 1. The lowest BCUT2D eigenvalue weighted by atomic mass is 9.96. The van der Waals surface area contributed by atoms with E-state index >= 15 is 0 Å². The van der Waals surface area contributed by atoms with Gasteiger partial charge in [-0.2, -0.15) is 0 Å². The third-order valence-electron chi connectivity index (χ3n) is 5.09. The largest absolute Gasteiger partial charge is 0.354 e. The van der Waals surface area contributed by atoms with Crippen molar-refractivity contribution in [1.82, 2.24) is 15.5 Å². The topological polar surface area (TPSA) is 78.5 Å². The van der Waals surface area contributed by atoms with E-state index in [2.05, 4.69) is 10.6 Å². The number of rotatable bonds is 5. The van der Waals surface area contributed by atoms with Gasteiger partial charge in [0, 0.05) is 6.54 Å². The molecule has 0 spiro atoms. The molecule has 0 aliphatic carbocycles. The second kappa shape index (κ2) is 7.35. The lowest BCUT2D eigenvalue weighted by Gasteiger charge is -2.24. The molecular weight excluding hydrogens is 318 g/mol. The van der Waals surface area contributed by atoms with Crippen LogP contribution in [0.2, 0.25) is 0 Å². The number of carbonyl (C=O) groups is 3. The number of amides is 3. The Labute approximate surface area is 148 Å². The first-order valence-electron chi connectivity index (χ1n) is 8.96. The van der Waals surface area contributed by atoms with Gasteiger partial charge in [0.15, 0.2) is 0 Å². The Morgan fingerprint density at radius 3 is 2.80 bits per heavy atom. The van der Waals surface area contributed by atoms with Gasteiger partial charge in [0.2, 0.25) is 5.91 Å². The fourth-order valence-electron chi connectivity index (χ4n) is 3.56. The van der Waals surface area contributed by atoms with Crippen molar-refractivity contribution in [3.63, 3.8) is 0 Å². The molecule has 2 aliphatic heterocycles. The van der Waals surface area contributed by atoms with Crippen molar-refractivity contribution in [3.8, 4) is 0 Å². The van der Waals surface area contributed by atoms with Crippen molar-refractivity contribution in [1.29, 1.82) is 0 Å². The summed E-state index contributed by atoms with van der Waals surface area (Å²) in [5.41, 5.74) is 1.68. The highest BCUT2D eigenvalue weighted by Gasteiger charge is 2.40. The Morgan fingerprint density at radius 1 is 1.32 bits per heavy atom. The van der Waals surface area contributed by atoms with Gasteiger partial charge in [-0.1, -0.05) is 11.6 Å². The smallest absolute Gasteiger partial charge is 0.262 e. The van der Waals surface area contributed by atoms with Crippen LogP contribution in [0.1, 0.15) is 52.5 Å². The molecule has 3 rings (SSSR count). The van der Waals surface area contributed by atoms with E-state index in [4.69, 9.17) is 0 Å². The number of piperidine rings is 1. The van der Waals surface area contributed by atoms with Gasteiger partial charge in [-0.3, -0.25) is 19.3 Å². The highest BCUT2D eigenvalue weighted by atomic mass is 16.2. The molecule has 3 amide bonds. The summed E-state index contributed by atoms with van der Waals surface area (Å²) in [6.45, 7) is 6.10. The monoisotopic (exact) mass is 343 g/mol. The minimum Gasteiger partial charge on any atom is -0.354 e. The average Bonchev–Trinajstić information content (AvgIpc) is 2.85. The van der Waals surface area contributed by atoms with Gasteiger partial charge in [0.05, 0.1) is 11.1 Å². The predicted octanol–water partition coefficient (Wildman–Crippen LogP) is 1.49. The van der Waals surface area contributed by atoms with Crippen molar-refractivity contribution >= 4 is 17.7 Å². The van der Waals surface area contributed by atoms with Gasteiger partial charge in [-0.25, -0.2) is 0 Å². The molecule has 2 unspecified atom stereocenters. The summed E-state index contributed by atoms with van der Waals surface area (Å²) in [5, 5.41) is 6.23. The van der Waals surface area contributed by atoms with Crippen LogP contribution in [0.5, 0.6) is 0 Å². The second-order valence-corrected chi connectivity index (χ2v) is 7.00. The first-order valence-corrected chi connectivity index (χ1v) is 8.96. The van der Waals surface area contributed by atoms with E-state index in [0.717, 1.165) is 30.0 Å². The molecule has 25 heavy (non-hydrogen) atoms. The molecule has 1 aromatic rings. The molecule has 2 atom stereocenters. The Bertz CT molecular complexity index is 695. The maximum atomic E-state index is 12.5. The molecule has 6 nitrogen and oxygen atoms in total. The Balaban J connectivity index is 1.59. The van der Waals surface area contributed by atoms with Crippen LogP contribution in [0.25, 0.3) is 0 Å². The van der Waals surface area contributed by atoms with Crippen LogP contribution in [0, 0.1) is 12.8 Å². The van der Waals surface area contributed by atoms with Crippen LogP contribution in [0.4, 0.5) is 0 Å². The van der Waals surface area contributed by atoms with Crippen molar-refractivity contribution in [2.75, 3.05) is 19.6 Å². The van der Waals surface area contributed by atoms with Gasteiger partial charge in [0.1, 0.15) is 6.04 Å². The van der Waals surface area contributed by atoms with Gasteiger partial charge in [-0.15, -0.1) is 0 Å². The standard InChI is InChI=1S/C19H25N3O3/c1-12-5-6-15-16(10-12)19(25)22(18(15)24)13(2)17(23)21-9-7-14-4-3-8-20-11-14/h5-6,10,13-14,20H,3-4,7-9,11H2,1-2H3,(H,21,23). The molecule has 1 fully saturated rings. The lowest BCUT2D eigenvalue weighted by molar-refractivity contribution is -0.124. The van der Waals surface area contributed by atoms with Crippen LogP contribution in [0.15, 0.2) is 18.2 Å². The van der Waals surface area contributed by atoms with Gasteiger partial charge in [-0.05, 0) is 64.3 Å². The van der Waals surface area contributed by atoms with E-state index in [0.29, 0.717) is 23.6 Å². The van der Waals surface area contributed by atoms with Crippen LogP contribution in [0.3, 0.4) is 0 Å². The molecule has 2 heterocycles. The molecule has 134 valence electrons. The van der Waals surface area contributed by atoms with E-state index in [1.807, 2.05) is 6.92 Å². The number of nitrogens with one attached hydrogen (secondary N) is 2. The average molecular weight is 343 g/mol. The molecule has 2 N–H and O–H groups in total. The summed E-state index contributed by atoms with van der Waals surface area (Å²) in [6, 6.07) is 4.36. The van der Waals surface area contributed by atoms with E-state index in [-0.39, 0.29) is 17.7 Å². The minimum absolute atomic E-state index is 0.282. The predicted molar refractivity (Wildman–Crippen MR) is 94.4 cm³/mol. The number of imide groups is 1. The minimum atomic E-state index is -0.808. The molecule has 1 aromatic carbocycles. The Hall–Kier alpha value is -2.21. The molecular formula is C19H25N3O3. The fourth-order valence-corrected chi connectivity index (χ4v) is 3.56. The second-order valence-electron chi connectivity index (χ2n) is 7.00. The summed E-state index contributed by atoms with van der Waals surface area (Å²) < 4.78 is 0. The van der Waals surface area contributed by atoms with E-state index in [1.54, 1.807) is 25.1 Å². The van der Waals surface area contributed by atoms with Gasteiger partial charge < -0.3 is 10.6 Å². The lowest BCUT2D eigenvalue weighted by Crippen LogP contribution is -2.48. The van der Waals surface area contributed by atoms with Crippen molar-refractivity contribution in [2.24, 2.45) is 5.92 Å². The normalized spacial score (nSPS) is 21.2. The zero-order valence-corrected chi connectivity index (χ0v) is 14.8. The zero-order valence-electron chi connectivity index (χ0n) is 14.8. The highest BCUT2D eigenvalue weighted by molar-refractivity contribution is 6.22. The first kappa shape index (κ1) is 17.6. The van der Waals surface area contributed by atoms with Crippen molar-refractivity contribution in [3.05, 3.63) is 34.9 Å². The van der Waals surface area contributed by atoms with E-state index in [9.17, 15) is 14.4 Å². The maximum absolute atomic E-state index is 12.5. The number of aryl methyl sites for hydroxylation is 1. The molecule has 0 radical (unpaired) electrons. The van der Waals surface area contributed by atoms with Crippen LogP contribution in [-0.2, 0) is 4.79 Å². The summed E-state index contributed by atoms with van der Waals surface area (Å²) >= 11 is 0. The molecule has 1 saturated heterocycles. The van der Waals surface area contributed by atoms with E-state index in [1.165, 1.54) is 12.8 Å². The third kappa shape index (κ3) is 3.58. The summed E-state index contributed by atoms with van der Waals surface area (Å²) in [7, 11) is 0. The first-order chi connectivity index (χ1) is 12.0. The molecule has 0 saturated carbocycles. The Morgan fingerprint density at radius 2 is 2.08 bits per heavy atom. The molecule has 0 bridgehead atoms. The van der Waals surface area contributed by atoms with Gasteiger partial charge in [0.25, 0.3) is 11.8 Å². The quantitative estimate of drug-likeness (QED) is 0.794. The summed E-state index contributed by atoms with van der Waals surface area (Å²) in [5.74, 6) is -0.483. The number of carbonyl (C=O) groups excluding carboxylic acids is 3. The summed E-state index contributed by atoms with van der Waals surface area (Å²) in [4.78, 5) is 38.5. The number of hydrogen-bond acceptors (Lipinski definition) is 4. The van der Waals surface area contributed by atoms with Crippen molar-refractivity contribution < 1.29 is 14.4 Å². The van der Waals surface area contributed by atoms with Crippen molar-refractivity contribution in [2.45, 2.75) is 39.2 Å². The number of hydrogen-bond donors (Lipinski definition) is 2. The van der Waals surface area contributed by atoms with Crippen LogP contribution in [-0.4, -0.2) is 48.3 Å². The zero-order chi connectivity index (χ0) is 18.0. The number of fused-ring (bicyclic) bond motifs is 1. The SMILES string of the molecule is Cc1ccc2c(c1)C(=O)N(C(C)C(=O)NCCC1CCCNC1)C2=O. The third-order valence-corrected chi connectivity index (χ3v) is 5.09. The molecule has 0 aromatic heterocycles. The number of nitrogens with zero attached hydrogens (tertiary/aromatic N) is 1. The Kier molecular flexibility index (Phi) is 5.18.